The van der Waals surface area contributed by atoms with Gasteiger partial charge in [0.05, 0.1) is 5.52 Å². The quantitative estimate of drug-likeness (QED) is 0.357. The van der Waals surface area contributed by atoms with Crippen LogP contribution in [-0.2, 0) is 0 Å². The van der Waals surface area contributed by atoms with Crippen LogP contribution in [0.5, 0.6) is 0 Å². The highest BCUT2D eigenvalue weighted by atomic mass is 14.9. The summed E-state index contributed by atoms with van der Waals surface area (Å²) in [6.45, 7) is 1.95. The predicted octanol–water partition coefficient (Wildman–Crippen LogP) is 5.40. The number of fused-ring (bicyclic) bond motifs is 8. The lowest BCUT2D eigenvalue weighted by atomic mass is 9.94. The normalized spacial score (nSPS) is 11.7. The van der Waals surface area contributed by atoms with E-state index in [1.807, 2.05) is 13.1 Å². The van der Waals surface area contributed by atoms with Crippen LogP contribution in [0.4, 0.5) is 0 Å². The van der Waals surface area contributed by atoms with Gasteiger partial charge in [-0.2, -0.15) is 0 Å². The van der Waals surface area contributed by atoms with E-state index in [1.165, 1.54) is 32.3 Å². The van der Waals surface area contributed by atoms with Crippen molar-refractivity contribution in [3.8, 4) is 0 Å². The van der Waals surface area contributed by atoms with Gasteiger partial charge < -0.3 is 0 Å². The first-order chi connectivity index (χ1) is 11.3. The van der Waals surface area contributed by atoms with Gasteiger partial charge in [0.15, 0.2) is 0 Å². The van der Waals surface area contributed by atoms with E-state index in [2.05, 4.69) is 65.6 Å². The van der Waals surface area contributed by atoms with Gasteiger partial charge >= 0.3 is 0 Å². The van der Waals surface area contributed by atoms with Crippen LogP contribution in [0.2, 0.25) is 0 Å². The molecular formula is C21H14N2. The highest BCUT2D eigenvalue weighted by Gasteiger charge is 2.12. The van der Waals surface area contributed by atoms with E-state index in [0.29, 0.717) is 0 Å². The van der Waals surface area contributed by atoms with Gasteiger partial charge in [-0.15, -0.1) is 0 Å². The van der Waals surface area contributed by atoms with Crippen molar-refractivity contribution in [2.75, 3.05) is 0 Å². The van der Waals surface area contributed by atoms with Gasteiger partial charge in [0, 0.05) is 22.4 Å². The molecule has 0 bridgehead atoms. The molecular weight excluding hydrogens is 280 g/mol. The zero-order chi connectivity index (χ0) is 15.4. The Morgan fingerprint density at radius 2 is 1.39 bits per heavy atom. The zero-order valence-corrected chi connectivity index (χ0v) is 12.7. The average Bonchev–Trinajstić information content (AvgIpc) is 2.61. The first kappa shape index (κ1) is 12.5. The number of nitrogens with zero attached hydrogens (tertiary/aromatic N) is 2. The predicted molar refractivity (Wildman–Crippen MR) is 96.8 cm³/mol. The zero-order valence-electron chi connectivity index (χ0n) is 12.7. The lowest BCUT2D eigenvalue weighted by Crippen LogP contribution is -1.91. The third-order valence-corrected chi connectivity index (χ3v) is 4.58. The Bertz CT molecular complexity index is 1220. The molecule has 0 spiro atoms. The summed E-state index contributed by atoms with van der Waals surface area (Å²) >= 11 is 0. The second-order valence-electron chi connectivity index (χ2n) is 5.93. The summed E-state index contributed by atoms with van der Waals surface area (Å²) in [4.78, 5) is 9.21. The topological polar surface area (TPSA) is 25.8 Å². The molecule has 0 unspecified atom stereocenters. The monoisotopic (exact) mass is 294 g/mol. The van der Waals surface area contributed by atoms with E-state index >= 15 is 0 Å². The average molecular weight is 294 g/mol. The van der Waals surface area contributed by atoms with Crippen LogP contribution in [0.25, 0.3) is 43.2 Å². The third kappa shape index (κ3) is 1.69. The van der Waals surface area contributed by atoms with Crippen molar-refractivity contribution in [3.05, 3.63) is 72.7 Å². The Morgan fingerprint density at radius 1 is 0.652 bits per heavy atom. The summed E-state index contributed by atoms with van der Waals surface area (Å²) in [5.41, 5.74) is 1.04. The molecule has 0 fully saturated rings. The Kier molecular flexibility index (Phi) is 2.45. The van der Waals surface area contributed by atoms with Gasteiger partial charge in [0.25, 0.3) is 0 Å². The molecule has 0 aliphatic rings. The minimum atomic E-state index is 0.808. The summed E-state index contributed by atoms with van der Waals surface area (Å²) in [7, 11) is 0. The van der Waals surface area contributed by atoms with E-state index in [-0.39, 0.29) is 0 Å². The second kappa shape index (κ2) is 4.50. The SMILES string of the molecule is Cc1ncc2c(n1)c1ccccc1c1ccc3ccccc3c12. The summed E-state index contributed by atoms with van der Waals surface area (Å²) in [6, 6.07) is 21.4. The Labute approximate surface area is 133 Å². The standard InChI is InChI=1S/C21H14N2/c1-13-22-12-19-20-15-7-3-2-6-14(15)10-11-17(20)16-8-4-5-9-18(16)21(19)23-13/h2-12H,1H3. The van der Waals surface area contributed by atoms with Crippen molar-refractivity contribution in [1.82, 2.24) is 9.97 Å². The molecule has 0 amide bonds. The first-order valence-corrected chi connectivity index (χ1v) is 7.78. The maximum atomic E-state index is 4.75. The van der Waals surface area contributed by atoms with Crippen molar-refractivity contribution in [1.29, 1.82) is 0 Å². The minimum Gasteiger partial charge on any atom is -0.241 e. The molecule has 0 saturated carbocycles. The largest absolute Gasteiger partial charge is 0.241 e. The van der Waals surface area contributed by atoms with Gasteiger partial charge in [0.1, 0.15) is 5.82 Å². The van der Waals surface area contributed by atoms with E-state index in [1.54, 1.807) is 0 Å². The molecule has 5 rings (SSSR count). The fourth-order valence-corrected chi connectivity index (χ4v) is 3.57. The summed E-state index contributed by atoms with van der Waals surface area (Å²) in [5, 5.41) is 8.58. The molecule has 1 aromatic heterocycles. The van der Waals surface area contributed by atoms with Gasteiger partial charge in [-0.1, -0.05) is 60.7 Å². The van der Waals surface area contributed by atoms with Crippen molar-refractivity contribution < 1.29 is 0 Å². The molecule has 2 heteroatoms. The smallest absolute Gasteiger partial charge is 0.125 e. The first-order valence-electron chi connectivity index (χ1n) is 7.78. The Morgan fingerprint density at radius 3 is 2.26 bits per heavy atom. The molecule has 0 saturated heterocycles. The van der Waals surface area contributed by atoms with E-state index in [4.69, 9.17) is 4.98 Å². The molecule has 0 atom stereocenters. The van der Waals surface area contributed by atoms with Crippen molar-refractivity contribution >= 4 is 43.2 Å². The van der Waals surface area contributed by atoms with Crippen molar-refractivity contribution in [2.24, 2.45) is 0 Å². The highest BCUT2D eigenvalue weighted by molar-refractivity contribution is 6.30. The van der Waals surface area contributed by atoms with Crippen LogP contribution < -0.4 is 0 Å². The minimum absolute atomic E-state index is 0.808. The summed E-state index contributed by atoms with van der Waals surface area (Å²) < 4.78 is 0. The second-order valence-corrected chi connectivity index (χ2v) is 5.93. The number of aryl methyl sites for hydroxylation is 1. The van der Waals surface area contributed by atoms with Gasteiger partial charge in [-0.25, -0.2) is 9.97 Å². The van der Waals surface area contributed by atoms with E-state index in [0.717, 1.165) is 16.7 Å². The van der Waals surface area contributed by atoms with Gasteiger partial charge in [0.2, 0.25) is 0 Å². The van der Waals surface area contributed by atoms with E-state index < -0.39 is 0 Å². The van der Waals surface area contributed by atoms with Crippen LogP contribution in [0.1, 0.15) is 5.82 Å². The summed E-state index contributed by atoms with van der Waals surface area (Å²) in [6.07, 6.45) is 1.97. The molecule has 0 aliphatic heterocycles. The number of hydrogen-bond donors (Lipinski definition) is 0. The lowest BCUT2D eigenvalue weighted by molar-refractivity contribution is 1.10. The van der Waals surface area contributed by atoms with Crippen LogP contribution in [-0.4, -0.2) is 9.97 Å². The maximum Gasteiger partial charge on any atom is 0.125 e. The summed E-state index contributed by atoms with van der Waals surface area (Å²) in [5.74, 6) is 0.808. The van der Waals surface area contributed by atoms with Crippen LogP contribution in [0.15, 0.2) is 66.9 Å². The van der Waals surface area contributed by atoms with E-state index in [9.17, 15) is 0 Å². The number of aromatic nitrogens is 2. The fourth-order valence-electron chi connectivity index (χ4n) is 3.57. The molecule has 108 valence electrons. The third-order valence-electron chi connectivity index (χ3n) is 4.58. The molecule has 23 heavy (non-hydrogen) atoms. The van der Waals surface area contributed by atoms with Crippen molar-refractivity contribution in [2.45, 2.75) is 6.92 Å². The molecule has 2 nitrogen and oxygen atoms in total. The molecule has 4 aromatic carbocycles. The molecule has 5 aromatic rings. The molecule has 0 radical (unpaired) electrons. The van der Waals surface area contributed by atoms with Crippen LogP contribution >= 0.6 is 0 Å². The Balaban J connectivity index is 2.22. The van der Waals surface area contributed by atoms with Crippen LogP contribution in [0, 0.1) is 6.92 Å². The number of hydrogen-bond acceptors (Lipinski definition) is 2. The number of benzene rings is 4. The van der Waals surface area contributed by atoms with Crippen LogP contribution in [0.3, 0.4) is 0 Å². The molecule has 0 aliphatic carbocycles. The van der Waals surface area contributed by atoms with Gasteiger partial charge in [-0.3, -0.25) is 0 Å². The van der Waals surface area contributed by atoms with Gasteiger partial charge in [-0.05, 0) is 28.5 Å². The maximum absolute atomic E-state index is 4.75. The van der Waals surface area contributed by atoms with Crippen molar-refractivity contribution in [3.63, 3.8) is 0 Å². The number of rotatable bonds is 0. The molecule has 0 N–H and O–H groups in total. The highest BCUT2D eigenvalue weighted by Crippen LogP contribution is 2.37. The Hall–Kier alpha value is -3.00. The molecule has 1 heterocycles. The fraction of sp³-hybridized carbons (Fsp3) is 0.0476. The lowest BCUT2D eigenvalue weighted by Gasteiger charge is -2.12.